The molecule has 1 aromatic heterocycles. The van der Waals surface area contributed by atoms with Crippen LogP contribution >= 0.6 is 0 Å². The molecule has 2 rings (SSSR count). The van der Waals surface area contributed by atoms with Crippen LogP contribution in [0.4, 0.5) is 0 Å². The Bertz CT molecular complexity index is 328. The molecule has 0 saturated carbocycles. The first-order valence-corrected chi connectivity index (χ1v) is 5.75. The number of hydrogen-bond acceptors (Lipinski definition) is 3. The SMILES string of the molecule is CCN1CCN(C(=O)Cn2ccnc2)CC1. The average molecular weight is 222 g/mol. The molecular weight excluding hydrogens is 204 g/mol. The fourth-order valence-corrected chi connectivity index (χ4v) is 1.95. The van der Waals surface area contributed by atoms with E-state index in [1.807, 2.05) is 15.7 Å². The van der Waals surface area contributed by atoms with E-state index >= 15 is 0 Å². The van der Waals surface area contributed by atoms with Crippen molar-refractivity contribution in [1.29, 1.82) is 0 Å². The van der Waals surface area contributed by atoms with Gasteiger partial charge in [0.1, 0.15) is 6.54 Å². The zero-order valence-electron chi connectivity index (χ0n) is 9.67. The molecule has 0 N–H and O–H groups in total. The van der Waals surface area contributed by atoms with Gasteiger partial charge in [-0.15, -0.1) is 0 Å². The summed E-state index contributed by atoms with van der Waals surface area (Å²) in [7, 11) is 0. The Labute approximate surface area is 95.7 Å². The molecule has 0 radical (unpaired) electrons. The number of aromatic nitrogens is 2. The summed E-state index contributed by atoms with van der Waals surface area (Å²) in [6, 6.07) is 0. The Kier molecular flexibility index (Phi) is 3.56. The second-order valence-corrected chi connectivity index (χ2v) is 4.05. The van der Waals surface area contributed by atoms with Crippen molar-refractivity contribution in [3.8, 4) is 0 Å². The number of rotatable bonds is 3. The highest BCUT2D eigenvalue weighted by atomic mass is 16.2. The van der Waals surface area contributed by atoms with Crippen molar-refractivity contribution >= 4 is 5.91 Å². The molecule has 1 aliphatic rings. The van der Waals surface area contributed by atoms with Crippen LogP contribution in [0.25, 0.3) is 0 Å². The van der Waals surface area contributed by atoms with Crippen molar-refractivity contribution in [3.63, 3.8) is 0 Å². The van der Waals surface area contributed by atoms with Crippen LogP contribution in [0, 0.1) is 0 Å². The Morgan fingerprint density at radius 2 is 2.06 bits per heavy atom. The van der Waals surface area contributed by atoms with Crippen molar-refractivity contribution in [3.05, 3.63) is 18.7 Å². The molecule has 5 heteroatoms. The van der Waals surface area contributed by atoms with Crippen molar-refractivity contribution in [2.75, 3.05) is 32.7 Å². The third-order valence-electron chi connectivity index (χ3n) is 3.05. The highest BCUT2D eigenvalue weighted by Gasteiger charge is 2.19. The number of imidazole rings is 1. The molecule has 0 aliphatic carbocycles. The van der Waals surface area contributed by atoms with Gasteiger partial charge in [-0.3, -0.25) is 4.79 Å². The van der Waals surface area contributed by atoms with Crippen molar-refractivity contribution in [2.24, 2.45) is 0 Å². The maximum Gasteiger partial charge on any atom is 0.242 e. The minimum atomic E-state index is 0.189. The summed E-state index contributed by atoms with van der Waals surface area (Å²) in [5, 5.41) is 0. The van der Waals surface area contributed by atoms with Crippen LogP contribution in [0.3, 0.4) is 0 Å². The first kappa shape index (κ1) is 11.1. The van der Waals surface area contributed by atoms with Gasteiger partial charge in [-0.2, -0.15) is 0 Å². The van der Waals surface area contributed by atoms with Crippen LogP contribution in [0.2, 0.25) is 0 Å². The van der Waals surface area contributed by atoms with E-state index in [1.54, 1.807) is 12.5 Å². The van der Waals surface area contributed by atoms with Crippen LogP contribution in [-0.4, -0.2) is 58.0 Å². The van der Waals surface area contributed by atoms with E-state index < -0.39 is 0 Å². The molecule has 0 bridgehead atoms. The number of piperazine rings is 1. The minimum Gasteiger partial charge on any atom is -0.339 e. The van der Waals surface area contributed by atoms with Gasteiger partial charge in [0.25, 0.3) is 0 Å². The minimum absolute atomic E-state index is 0.189. The topological polar surface area (TPSA) is 41.4 Å². The molecule has 1 aromatic rings. The van der Waals surface area contributed by atoms with Gasteiger partial charge in [-0.25, -0.2) is 4.98 Å². The Balaban J connectivity index is 1.82. The predicted molar refractivity (Wildman–Crippen MR) is 60.9 cm³/mol. The zero-order chi connectivity index (χ0) is 11.4. The first-order valence-electron chi connectivity index (χ1n) is 5.75. The van der Waals surface area contributed by atoms with Gasteiger partial charge in [0.15, 0.2) is 0 Å². The molecule has 88 valence electrons. The molecule has 16 heavy (non-hydrogen) atoms. The Morgan fingerprint density at radius 1 is 1.31 bits per heavy atom. The normalized spacial score (nSPS) is 17.7. The third-order valence-corrected chi connectivity index (χ3v) is 3.05. The fraction of sp³-hybridized carbons (Fsp3) is 0.636. The lowest BCUT2D eigenvalue weighted by molar-refractivity contribution is -0.133. The van der Waals surface area contributed by atoms with Gasteiger partial charge >= 0.3 is 0 Å². The van der Waals surface area contributed by atoms with Crippen molar-refractivity contribution in [2.45, 2.75) is 13.5 Å². The zero-order valence-corrected chi connectivity index (χ0v) is 9.67. The summed E-state index contributed by atoms with van der Waals surface area (Å²) in [6.07, 6.45) is 5.20. The summed E-state index contributed by atoms with van der Waals surface area (Å²) in [6.45, 7) is 7.32. The van der Waals surface area contributed by atoms with E-state index in [9.17, 15) is 4.79 Å². The van der Waals surface area contributed by atoms with Crippen LogP contribution in [-0.2, 0) is 11.3 Å². The second-order valence-electron chi connectivity index (χ2n) is 4.05. The number of nitrogens with zero attached hydrogens (tertiary/aromatic N) is 4. The van der Waals surface area contributed by atoms with Crippen molar-refractivity contribution < 1.29 is 4.79 Å². The molecule has 0 unspecified atom stereocenters. The van der Waals surface area contributed by atoms with Gasteiger partial charge in [0.05, 0.1) is 6.33 Å². The molecule has 2 heterocycles. The van der Waals surface area contributed by atoms with Crippen LogP contribution < -0.4 is 0 Å². The van der Waals surface area contributed by atoms with Crippen LogP contribution in [0.5, 0.6) is 0 Å². The molecule has 0 spiro atoms. The number of amides is 1. The molecule has 1 aliphatic heterocycles. The standard InChI is InChI=1S/C11H18N4O/c1-2-13-5-7-15(8-6-13)11(16)9-14-4-3-12-10-14/h3-4,10H,2,5-9H2,1H3. The fourth-order valence-electron chi connectivity index (χ4n) is 1.95. The Morgan fingerprint density at radius 3 is 2.62 bits per heavy atom. The molecule has 5 nitrogen and oxygen atoms in total. The van der Waals surface area contributed by atoms with Crippen LogP contribution in [0.1, 0.15) is 6.92 Å². The number of hydrogen-bond donors (Lipinski definition) is 0. The van der Waals surface area contributed by atoms with Crippen LogP contribution in [0.15, 0.2) is 18.7 Å². The number of carbonyl (C=O) groups is 1. The monoisotopic (exact) mass is 222 g/mol. The van der Waals surface area contributed by atoms with E-state index in [-0.39, 0.29) is 5.91 Å². The maximum absolute atomic E-state index is 11.9. The molecule has 1 amide bonds. The lowest BCUT2D eigenvalue weighted by Crippen LogP contribution is -2.49. The third kappa shape index (κ3) is 2.61. The molecule has 1 saturated heterocycles. The average Bonchev–Trinajstić information content (AvgIpc) is 2.82. The highest BCUT2D eigenvalue weighted by Crippen LogP contribution is 2.02. The van der Waals surface area contributed by atoms with Gasteiger partial charge < -0.3 is 14.4 Å². The lowest BCUT2D eigenvalue weighted by atomic mass is 10.3. The molecule has 0 atom stereocenters. The highest BCUT2D eigenvalue weighted by molar-refractivity contribution is 5.76. The van der Waals surface area contributed by atoms with E-state index in [0.717, 1.165) is 32.7 Å². The number of carbonyl (C=O) groups excluding carboxylic acids is 1. The van der Waals surface area contributed by atoms with E-state index in [0.29, 0.717) is 6.54 Å². The smallest absolute Gasteiger partial charge is 0.242 e. The van der Waals surface area contributed by atoms with Gasteiger partial charge in [0.2, 0.25) is 5.91 Å². The first-order chi connectivity index (χ1) is 7.79. The van der Waals surface area contributed by atoms with E-state index in [2.05, 4.69) is 16.8 Å². The summed E-state index contributed by atoms with van der Waals surface area (Å²) in [5.41, 5.74) is 0. The van der Waals surface area contributed by atoms with Gasteiger partial charge in [-0.1, -0.05) is 6.92 Å². The predicted octanol–water partition coefficient (Wildman–Crippen LogP) is 0.0472. The largest absolute Gasteiger partial charge is 0.339 e. The van der Waals surface area contributed by atoms with Gasteiger partial charge in [-0.05, 0) is 6.54 Å². The van der Waals surface area contributed by atoms with Gasteiger partial charge in [0, 0.05) is 38.6 Å². The maximum atomic E-state index is 11.9. The molecular formula is C11H18N4O. The quantitative estimate of drug-likeness (QED) is 0.725. The van der Waals surface area contributed by atoms with E-state index in [1.165, 1.54) is 0 Å². The molecule has 1 fully saturated rings. The second kappa shape index (κ2) is 5.12. The summed E-state index contributed by atoms with van der Waals surface area (Å²) < 4.78 is 1.81. The summed E-state index contributed by atoms with van der Waals surface area (Å²) in [5.74, 6) is 0.189. The number of likely N-dealkylation sites (N-methyl/N-ethyl adjacent to an activating group) is 1. The van der Waals surface area contributed by atoms with E-state index in [4.69, 9.17) is 0 Å². The lowest BCUT2D eigenvalue weighted by Gasteiger charge is -2.34. The molecule has 0 aromatic carbocycles. The summed E-state index contributed by atoms with van der Waals surface area (Å²) >= 11 is 0. The summed E-state index contributed by atoms with van der Waals surface area (Å²) in [4.78, 5) is 20.1. The van der Waals surface area contributed by atoms with Crippen molar-refractivity contribution in [1.82, 2.24) is 19.4 Å². The Hall–Kier alpha value is -1.36.